The van der Waals surface area contributed by atoms with Crippen LogP contribution in [0, 0.1) is 5.92 Å². The Balaban J connectivity index is 1.58. The zero-order valence-electron chi connectivity index (χ0n) is 12.4. The van der Waals surface area contributed by atoms with Crippen LogP contribution in [0.5, 0.6) is 0 Å². The lowest BCUT2D eigenvalue weighted by molar-refractivity contribution is -0.149. The van der Waals surface area contributed by atoms with Gasteiger partial charge in [0.25, 0.3) is 0 Å². The van der Waals surface area contributed by atoms with Gasteiger partial charge in [0.2, 0.25) is 5.91 Å². The molecule has 5 heteroatoms. The molecule has 1 amide bonds. The standard InChI is InChI=1S/C18H16ClNO3/c19-15-8-6-13(7-9-15)12-23-18(22)14-10-17(21)20(11-14)16-4-2-1-3-5-16/h1-9,14H,10-12H2/t14-/m1/s1. The molecule has 2 aromatic rings. The van der Waals surface area contributed by atoms with Gasteiger partial charge in [-0.05, 0) is 29.8 Å². The second kappa shape index (κ2) is 6.84. The molecule has 0 N–H and O–H groups in total. The molecule has 1 heterocycles. The lowest BCUT2D eigenvalue weighted by Crippen LogP contribution is -2.26. The molecule has 0 saturated carbocycles. The van der Waals surface area contributed by atoms with Crippen LogP contribution in [0.1, 0.15) is 12.0 Å². The zero-order valence-corrected chi connectivity index (χ0v) is 13.2. The maximum atomic E-state index is 12.2. The van der Waals surface area contributed by atoms with Gasteiger partial charge in [-0.3, -0.25) is 9.59 Å². The van der Waals surface area contributed by atoms with Gasteiger partial charge in [0.15, 0.2) is 0 Å². The maximum Gasteiger partial charge on any atom is 0.311 e. The van der Waals surface area contributed by atoms with E-state index in [9.17, 15) is 9.59 Å². The fourth-order valence-electron chi connectivity index (χ4n) is 2.58. The number of carbonyl (C=O) groups is 2. The molecular formula is C18H16ClNO3. The van der Waals surface area contributed by atoms with E-state index in [1.165, 1.54) is 0 Å². The van der Waals surface area contributed by atoms with Crippen molar-refractivity contribution in [3.05, 3.63) is 65.2 Å². The topological polar surface area (TPSA) is 46.6 Å². The summed E-state index contributed by atoms with van der Waals surface area (Å²) in [6, 6.07) is 16.5. The van der Waals surface area contributed by atoms with Gasteiger partial charge >= 0.3 is 5.97 Å². The monoisotopic (exact) mass is 329 g/mol. The number of esters is 1. The molecule has 1 saturated heterocycles. The average molecular weight is 330 g/mol. The normalized spacial score (nSPS) is 17.3. The number of nitrogens with zero attached hydrogens (tertiary/aromatic N) is 1. The molecule has 1 aliphatic heterocycles. The van der Waals surface area contributed by atoms with Gasteiger partial charge in [-0.15, -0.1) is 0 Å². The third-order valence-corrected chi connectivity index (χ3v) is 4.07. The highest BCUT2D eigenvalue weighted by Crippen LogP contribution is 2.25. The number of anilines is 1. The summed E-state index contributed by atoms with van der Waals surface area (Å²) >= 11 is 5.82. The summed E-state index contributed by atoms with van der Waals surface area (Å²) in [7, 11) is 0. The highest BCUT2D eigenvalue weighted by Gasteiger charge is 2.36. The highest BCUT2D eigenvalue weighted by atomic mass is 35.5. The fourth-order valence-corrected chi connectivity index (χ4v) is 2.70. The van der Waals surface area contributed by atoms with E-state index in [4.69, 9.17) is 16.3 Å². The summed E-state index contributed by atoms with van der Waals surface area (Å²) < 4.78 is 5.32. The molecule has 0 spiro atoms. The minimum absolute atomic E-state index is 0.0513. The largest absolute Gasteiger partial charge is 0.461 e. The molecule has 1 aliphatic rings. The first kappa shape index (κ1) is 15.6. The van der Waals surface area contributed by atoms with Crippen molar-refractivity contribution in [2.24, 2.45) is 5.92 Å². The molecule has 0 unspecified atom stereocenters. The van der Waals surface area contributed by atoms with Crippen LogP contribution in [0.3, 0.4) is 0 Å². The van der Waals surface area contributed by atoms with Crippen molar-refractivity contribution >= 4 is 29.2 Å². The minimum Gasteiger partial charge on any atom is -0.461 e. The van der Waals surface area contributed by atoms with Gasteiger partial charge in [-0.2, -0.15) is 0 Å². The number of amides is 1. The van der Waals surface area contributed by atoms with Gasteiger partial charge in [-0.25, -0.2) is 0 Å². The summed E-state index contributed by atoms with van der Waals surface area (Å²) in [5, 5.41) is 0.639. The van der Waals surface area contributed by atoms with E-state index in [0.29, 0.717) is 11.6 Å². The van der Waals surface area contributed by atoms with Crippen molar-refractivity contribution in [1.82, 2.24) is 0 Å². The van der Waals surface area contributed by atoms with Gasteiger partial charge in [0.05, 0.1) is 5.92 Å². The van der Waals surface area contributed by atoms with Crippen LogP contribution >= 0.6 is 11.6 Å². The van der Waals surface area contributed by atoms with Crippen molar-refractivity contribution < 1.29 is 14.3 Å². The Kier molecular flexibility index (Phi) is 4.63. The van der Waals surface area contributed by atoms with Crippen LogP contribution < -0.4 is 4.90 Å². The molecule has 118 valence electrons. The third kappa shape index (κ3) is 3.71. The Morgan fingerprint density at radius 3 is 2.52 bits per heavy atom. The molecule has 23 heavy (non-hydrogen) atoms. The van der Waals surface area contributed by atoms with Gasteiger partial charge in [0.1, 0.15) is 6.61 Å². The predicted octanol–water partition coefficient (Wildman–Crippen LogP) is 3.44. The number of hydrogen-bond acceptors (Lipinski definition) is 3. The third-order valence-electron chi connectivity index (χ3n) is 3.82. The number of hydrogen-bond donors (Lipinski definition) is 0. The van der Waals surface area contributed by atoms with Crippen LogP contribution in [0.2, 0.25) is 5.02 Å². The van der Waals surface area contributed by atoms with Crippen LogP contribution in [0.25, 0.3) is 0 Å². The van der Waals surface area contributed by atoms with Crippen LogP contribution in [0.15, 0.2) is 54.6 Å². The van der Waals surface area contributed by atoms with E-state index in [1.807, 2.05) is 42.5 Å². The SMILES string of the molecule is O=C(OCc1ccc(Cl)cc1)[C@@H]1CC(=O)N(c2ccccc2)C1. The van der Waals surface area contributed by atoms with Gasteiger partial charge in [-0.1, -0.05) is 41.9 Å². The van der Waals surface area contributed by atoms with E-state index >= 15 is 0 Å². The zero-order chi connectivity index (χ0) is 16.2. The number of halogens is 1. The second-order valence-corrected chi connectivity index (χ2v) is 5.91. The van der Waals surface area contributed by atoms with Crippen LogP contribution in [-0.2, 0) is 20.9 Å². The molecule has 0 aliphatic carbocycles. The summed E-state index contributed by atoms with van der Waals surface area (Å²) in [6.45, 7) is 0.550. The number of carbonyl (C=O) groups excluding carboxylic acids is 2. The number of rotatable bonds is 4. The van der Waals surface area contributed by atoms with Gasteiger partial charge in [0, 0.05) is 23.7 Å². The predicted molar refractivity (Wildman–Crippen MR) is 88.2 cm³/mol. The lowest BCUT2D eigenvalue weighted by atomic mass is 10.1. The Hall–Kier alpha value is -2.33. The van der Waals surface area contributed by atoms with Crippen molar-refractivity contribution in [3.8, 4) is 0 Å². The van der Waals surface area contributed by atoms with Crippen molar-refractivity contribution in [3.63, 3.8) is 0 Å². The summed E-state index contributed by atoms with van der Waals surface area (Å²) in [5.74, 6) is -0.814. The first-order valence-electron chi connectivity index (χ1n) is 7.40. The van der Waals surface area contributed by atoms with Gasteiger partial charge < -0.3 is 9.64 Å². The van der Waals surface area contributed by atoms with E-state index in [2.05, 4.69) is 0 Å². The average Bonchev–Trinajstić information content (AvgIpc) is 2.97. The van der Waals surface area contributed by atoms with E-state index < -0.39 is 5.92 Å². The van der Waals surface area contributed by atoms with Crippen molar-refractivity contribution in [2.45, 2.75) is 13.0 Å². The molecule has 0 radical (unpaired) electrons. The number of benzene rings is 2. The summed E-state index contributed by atoms with van der Waals surface area (Å²) in [6.07, 6.45) is 0.189. The Morgan fingerprint density at radius 2 is 1.83 bits per heavy atom. The quantitative estimate of drug-likeness (QED) is 0.807. The van der Waals surface area contributed by atoms with E-state index in [-0.39, 0.29) is 24.9 Å². The molecule has 0 bridgehead atoms. The molecular weight excluding hydrogens is 314 g/mol. The Bertz CT molecular complexity index is 700. The minimum atomic E-state index is -0.421. The van der Waals surface area contributed by atoms with Crippen LogP contribution in [-0.4, -0.2) is 18.4 Å². The smallest absolute Gasteiger partial charge is 0.311 e. The second-order valence-electron chi connectivity index (χ2n) is 5.48. The van der Waals surface area contributed by atoms with Crippen LogP contribution in [0.4, 0.5) is 5.69 Å². The number of ether oxygens (including phenoxy) is 1. The highest BCUT2D eigenvalue weighted by molar-refractivity contribution is 6.30. The maximum absolute atomic E-state index is 12.2. The fraction of sp³-hybridized carbons (Fsp3) is 0.222. The van der Waals surface area contributed by atoms with E-state index in [0.717, 1.165) is 11.3 Å². The first-order valence-corrected chi connectivity index (χ1v) is 7.78. The Morgan fingerprint density at radius 1 is 1.13 bits per heavy atom. The molecule has 3 rings (SSSR count). The first-order chi connectivity index (χ1) is 11.1. The van der Waals surface area contributed by atoms with Crippen molar-refractivity contribution in [2.75, 3.05) is 11.4 Å². The van der Waals surface area contributed by atoms with E-state index in [1.54, 1.807) is 17.0 Å². The number of para-hydroxylation sites is 1. The molecule has 2 aromatic carbocycles. The Labute approximate surface area is 139 Å². The lowest BCUT2D eigenvalue weighted by Gasteiger charge is -2.16. The summed E-state index contributed by atoms with van der Waals surface area (Å²) in [5.41, 5.74) is 1.68. The van der Waals surface area contributed by atoms with Crippen molar-refractivity contribution in [1.29, 1.82) is 0 Å². The molecule has 1 atom stereocenters. The molecule has 1 fully saturated rings. The summed E-state index contributed by atoms with van der Waals surface area (Å²) in [4.78, 5) is 25.9. The molecule has 4 nitrogen and oxygen atoms in total. The molecule has 0 aromatic heterocycles.